The highest BCUT2D eigenvalue weighted by atomic mass is 35.5. The molecule has 6 heterocycles. The minimum atomic E-state index is -4.90. The number of nitrogens with two attached hydrogens (primary N) is 1. The summed E-state index contributed by atoms with van der Waals surface area (Å²) < 4.78 is 86.3. The maximum Gasteiger partial charge on any atom is 0.418 e. The number of ether oxygens (including phenoxy) is 2. The number of fused-ring (bicyclic) bond motifs is 5. The van der Waals surface area contributed by atoms with Gasteiger partial charge < -0.3 is 25.4 Å². The predicted molar refractivity (Wildman–Crippen MR) is 154 cm³/mol. The third kappa shape index (κ3) is 4.67. The van der Waals surface area contributed by atoms with Crippen molar-refractivity contribution in [2.45, 2.75) is 75.7 Å². The molecule has 1 aromatic carbocycles. The maximum atomic E-state index is 16.8. The number of nitrogens with one attached hydrogen (secondary N) is 1. The molecule has 2 aromatic heterocycles. The molecule has 3 aromatic rings. The number of halogens is 6. The van der Waals surface area contributed by atoms with Crippen molar-refractivity contribution in [2.24, 2.45) is 0 Å². The van der Waals surface area contributed by atoms with Gasteiger partial charge in [-0.2, -0.15) is 23.1 Å². The third-order valence-electron chi connectivity index (χ3n) is 9.26. The van der Waals surface area contributed by atoms with E-state index in [1.807, 2.05) is 16.7 Å². The number of nitrogen functional groups attached to an aromatic ring is 1. The number of aromatic nitrogens is 3. The molecule has 0 unspecified atom stereocenters. The van der Waals surface area contributed by atoms with Crippen molar-refractivity contribution in [3.8, 4) is 23.0 Å². The van der Waals surface area contributed by atoms with Gasteiger partial charge in [0, 0.05) is 31.2 Å². The molecule has 9 nitrogen and oxygen atoms in total. The smallest absolute Gasteiger partial charge is 0.418 e. The molecule has 3 fully saturated rings. The van der Waals surface area contributed by atoms with Crippen LogP contribution in [0.3, 0.4) is 0 Å². The Balaban J connectivity index is 1.47. The van der Waals surface area contributed by atoms with Crippen LogP contribution in [0.25, 0.3) is 22.2 Å². The predicted octanol–water partition coefficient (Wildman–Crippen LogP) is 4.90. The largest absolute Gasteiger partial charge is 0.486 e. The van der Waals surface area contributed by atoms with Crippen LogP contribution in [0.1, 0.15) is 37.3 Å². The second kappa shape index (κ2) is 10.4. The van der Waals surface area contributed by atoms with Crippen LogP contribution >= 0.6 is 11.6 Å². The molecule has 0 saturated carbocycles. The third-order valence-corrected chi connectivity index (χ3v) is 9.62. The van der Waals surface area contributed by atoms with Gasteiger partial charge in [-0.3, -0.25) is 4.90 Å². The molecule has 15 heteroatoms. The number of likely N-dealkylation sites (tertiary alicyclic amines) is 1. The Kier molecular flexibility index (Phi) is 6.98. The van der Waals surface area contributed by atoms with Crippen molar-refractivity contribution in [3.63, 3.8) is 0 Å². The Morgan fingerprint density at radius 3 is 2.68 bits per heavy atom. The van der Waals surface area contributed by atoms with Crippen LogP contribution in [0.5, 0.6) is 11.8 Å². The van der Waals surface area contributed by atoms with E-state index in [1.54, 1.807) is 7.05 Å². The van der Waals surface area contributed by atoms with Crippen LogP contribution in [-0.2, 0) is 6.18 Å². The maximum absolute atomic E-state index is 16.8. The Morgan fingerprint density at radius 2 is 1.98 bits per heavy atom. The molecule has 4 aliphatic heterocycles. The van der Waals surface area contributed by atoms with Gasteiger partial charge in [-0.25, -0.2) is 13.8 Å². The molecule has 44 heavy (non-hydrogen) atoms. The highest BCUT2D eigenvalue weighted by molar-refractivity contribution is 6.36. The second-order valence-corrected chi connectivity index (χ2v) is 12.6. The Morgan fingerprint density at radius 1 is 1.20 bits per heavy atom. The number of likely N-dealkylation sites (N-methyl/N-ethyl adjacent to an activating group) is 1. The van der Waals surface area contributed by atoms with Crippen LogP contribution in [-0.4, -0.2) is 83.0 Å². The van der Waals surface area contributed by atoms with Crippen LogP contribution in [0.15, 0.2) is 6.07 Å². The first-order valence-electron chi connectivity index (χ1n) is 14.6. The van der Waals surface area contributed by atoms with E-state index in [0.717, 1.165) is 18.9 Å². The number of aryl methyl sites for hydroxylation is 1. The fraction of sp³-hybridized carbons (Fsp3) is 0.552. The summed E-state index contributed by atoms with van der Waals surface area (Å²) in [5, 5.41) is 3.35. The van der Waals surface area contributed by atoms with Crippen LogP contribution in [0.2, 0.25) is 5.02 Å². The van der Waals surface area contributed by atoms with E-state index in [4.69, 9.17) is 31.8 Å². The number of hydrogen-bond donors (Lipinski definition) is 2. The number of hydrogen-bond acceptors (Lipinski definition) is 9. The highest BCUT2D eigenvalue weighted by Crippen LogP contribution is 2.52. The Bertz CT molecular complexity index is 1660. The lowest BCUT2D eigenvalue weighted by Gasteiger charge is -2.42. The molecule has 236 valence electrons. The lowest BCUT2D eigenvalue weighted by molar-refractivity contribution is -0.137. The van der Waals surface area contributed by atoms with Crippen molar-refractivity contribution in [3.05, 3.63) is 28.0 Å². The standard InChI is InChI=1S/C29H31ClF5N7O2/c1-11-6-17(36)38-23(20(11)29(33,34)35)18-21(30)26-19-24(22(18)32)39-28(43-10-15-7-13(31)8-41(15)3)40-27(19)42-9-14-4-5-16(37-14)25(42)12(2)44-26/h6,12-16,25,37H,4-5,7-10H2,1-3H3,(H2,36,38)/t12-,13+,14+,15-,16-,25+/m0/s1. The van der Waals surface area contributed by atoms with Gasteiger partial charge in [0.05, 0.1) is 33.3 Å². The summed E-state index contributed by atoms with van der Waals surface area (Å²) in [6.07, 6.45) is -4.36. The molecule has 4 aliphatic rings. The molecular formula is C29H31ClF5N7O2. The van der Waals surface area contributed by atoms with Crippen molar-refractivity contribution in [1.29, 1.82) is 0 Å². The SMILES string of the molecule is Cc1cc(N)nc(-c2c(Cl)c3c4c(nc(OC[C@@H]5C[C@@H](F)CN5C)nc4c2F)N2C[C@H]4CC[C@H](N4)[C@H]2[C@H](C)O3)c1C(F)(F)F. The van der Waals surface area contributed by atoms with Gasteiger partial charge in [-0.15, -0.1) is 0 Å². The first-order valence-corrected chi connectivity index (χ1v) is 14.9. The van der Waals surface area contributed by atoms with E-state index < -0.39 is 41.1 Å². The highest BCUT2D eigenvalue weighted by Gasteiger charge is 2.48. The zero-order valence-corrected chi connectivity index (χ0v) is 24.9. The van der Waals surface area contributed by atoms with Crippen LogP contribution < -0.4 is 25.4 Å². The quantitative estimate of drug-likeness (QED) is 0.386. The monoisotopic (exact) mass is 639 g/mol. The normalized spacial score (nSPS) is 28.2. The number of alkyl halides is 4. The Labute approximate surface area is 254 Å². The van der Waals surface area contributed by atoms with Gasteiger partial charge in [0.2, 0.25) is 0 Å². The number of nitrogens with zero attached hydrogens (tertiary/aromatic N) is 5. The molecule has 7 rings (SSSR count). The Hall–Kier alpha value is -3.23. The minimum Gasteiger partial charge on any atom is -0.486 e. The average molecular weight is 640 g/mol. The molecule has 3 N–H and O–H groups in total. The van der Waals surface area contributed by atoms with Crippen LogP contribution in [0, 0.1) is 12.7 Å². The van der Waals surface area contributed by atoms with Crippen molar-refractivity contribution in [2.75, 3.05) is 37.4 Å². The summed E-state index contributed by atoms with van der Waals surface area (Å²) in [4.78, 5) is 16.9. The number of anilines is 2. The number of rotatable bonds is 4. The van der Waals surface area contributed by atoms with Crippen LogP contribution in [0.4, 0.5) is 33.6 Å². The molecule has 3 saturated heterocycles. The van der Waals surface area contributed by atoms with Gasteiger partial charge in [-0.05, 0) is 51.8 Å². The topological polar surface area (TPSA) is 102 Å². The van der Waals surface area contributed by atoms with Gasteiger partial charge in [-0.1, -0.05) is 11.6 Å². The summed E-state index contributed by atoms with van der Waals surface area (Å²) in [6, 6.07) is 0.557. The van der Waals surface area contributed by atoms with E-state index in [9.17, 15) is 17.6 Å². The molecular weight excluding hydrogens is 609 g/mol. The molecule has 6 atom stereocenters. The number of pyridine rings is 1. The first kappa shape index (κ1) is 29.5. The van der Waals surface area contributed by atoms with E-state index in [0.29, 0.717) is 12.4 Å². The molecule has 2 bridgehead atoms. The zero-order chi connectivity index (χ0) is 31.2. The van der Waals surface area contributed by atoms with Crippen molar-refractivity contribution >= 4 is 34.1 Å². The lowest BCUT2D eigenvalue weighted by atomic mass is 9.98. The zero-order valence-electron chi connectivity index (χ0n) is 24.2. The summed E-state index contributed by atoms with van der Waals surface area (Å²) in [5.74, 6) is -1.10. The summed E-state index contributed by atoms with van der Waals surface area (Å²) in [6.45, 7) is 3.89. The minimum absolute atomic E-state index is 0.0271. The lowest BCUT2D eigenvalue weighted by Crippen LogP contribution is -2.62. The molecule has 0 spiro atoms. The first-order chi connectivity index (χ1) is 20.8. The number of piperazine rings is 1. The number of benzene rings is 1. The van der Waals surface area contributed by atoms with Gasteiger partial charge >= 0.3 is 12.2 Å². The van der Waals surface area contributed by atoms with E-state index in [2.05, 4.69) is 15.3 Å². The van der Waals surface area contributed by atoms with Gasteiger partial charge in [0.25, 0.3) is 0 Å². The fourth-order valence-electron chi connectivity index (χ4n) is 7.34. The summed E-state index contributed by atoms with van der Waals surface area (Å²) in [5.41, 5.74) is 2.74. The molecule has 0 radical (unpaired) electrons. The van der Waals surface area contributed by atoms with Crippen molar-refractivity contribution in [1.82, 2.24) is 25.2 Å². The van der Waals surface area contributed by atoms with E-state index in [1.165, 1.54) is 6.92 Å². The fourth-order valence-corrected chi connectivity index (χ4v) is 7.66. The van der Waals surface area contributed by atoms with E-state index >= 15 is 4.39 Å². The van der Waals surface area contributed by atoms with E-state index in [-0.39, 0.29) is 82.8 Å². The summed E-state index contributed by atoms with van der Waals surface area (Å²) in [7, 11) is 1.78. The summed E-state index contributed by atoms with van der Waals surface area (Å²) >= 11 is 6.82. The van der Waals surface area contributed by atoms with Gasteiger partial charge in [0.15, 0.2) is 11.6 Å². The molecule has 0 amide bonds. The average Bonchev–Trinajstić information content (AvgIpc) is 3.43. The second-order valence-electron chi connectivity index (χ2n) is 12.2. The molecule has 0 aliphatic carbocycles. The van der Waals surface area contributed by atoms with Crippen molar-refractivity contribution < 1.29 is 31.4 Å². The van der Waals surface area contributed by atoms with Gasteiger partial charge in [0.1, 0.15) is 36.0 Å².